The third-order valence-corrected chi connectivity index (χ3v) is 3.21. The molecule has 88 valence electrons. The molecular weight excluding hydrogens is 205 g/mol. The second kappa shape index (κ2) is 5.41. The Bertz CT molecular complexity index is 334. The SMILES string of the molecule is OC1CCN(CCc2ccccc2F)CC1. The molecular formula is C13H18FNO. The number of aliphatic hydroxyl groups is 1. The van der Waals surface area contributed by atoms with Gasteiger partial charge in [-0.3, -0.25) is 0 Å². The number of halogens is 1. The Hall–Kier alpha value is -0.930. The van der Waals surface area contributed by atoms with E-state index in [1.54, 1.807) is 6.07 Å². The molecule has 0 aromatic heterocycles. The molecule has 1 heterocycles. The molecule has 1 aliphatic heterocycles. The van der Waals surface area contributed by atoms with Gasteiger partial charge < -0.3 is 10.0 Å². The van der Waals surface area contributed by atoms with Gasteiger partial charge in [-0.25, -0.2) is 4.39 Å². The minimum absolute atomic E-state index is 0.112. The lowest BCUT2D eigenvalue weighted by molar-refractivity contribution is 0.0831. The molecule has 1 aliphatic rings. The third kappa shape index (κ3) is 3.03. The zero-order valence-corrected chi connectivity index (χ0v) is 9.40. The molecule has 0 atom stereocenters. The molecule has 1 aromatic rings. The summed E-state index contributed by atoms with van der Waals surface area (Å²) in [6.07, 6.45) is 2.31. The molecule has 0 amide bonds. The van der Waals surface area contributed by atoms with Crippen LogP contribution in [0.1, 0.15) is 18.4 Å². The van der Waals surface area contributed by atoms with Gasteiger partial charge in [-0.05, 0) is 30.9 Å². The van der Waals surface area contributed by atoms with E-state index in [0.29, 0.717) is 0 Å². The molecule has 0 radical (unpaired) electrons. The fourth-order valence-corrected chi connectivity index (χ4v) is 2.12. The van der Waals surface area contributed by atoms with Gasteiger partial charge in [0, 0.05) is 19.6 Å². The second-order valence-corrected chi connectivity index (χ2v) is 4.41. The maximum atomic E-state index is 13.3. The quantitative estimate of drug-likeness (QED) is 0.845. The third-order valence-electron chi connectivity index (χ3n) is 3.21. The van der Waals surface area contributed by atoms with Crippen LogP contribution in [-0.4, -0.2) is 35.7 Å². The molecule has 1 saturated heterocycles. The topological polar surface area (TPSA) is 23.5 Å². The highest BCUT2D eigenvalue weighted by atomic mass is 19.1. The van der Waals surface area contributed by atoms with E-state index in [2.05, 4.69) is 4.90 Å². The van der Waals surface area contributed by atoms with Crippen LogP contribution in [0, 0.1) is 5.82 Å². The number of hydrogen-bond acceptors (Lipinski definition) is 2. The van der Waals surface area contributed by atoms with Crippen molar-refractivity contribution in [2.75, 3.05) is 19.6 Å². The number of aliphatic hydroxyl groups excluding tert-OH is 1. The van der Waals surface area contributed by atoms with Crippen molar-refractivity contribution >= 4 is 0 Å². The predicted octanol–water partition coefficient (Wildman–Crippen LogP) is 1.82. The molecule has 2 nitrogen and oxygen atoms in total. The summed E-state index contributed by atoms with van der Waals surface area (Å²) in [6, 6.07) is 6.94. The average Bonchev–Trinajstić information content (AvgIpc) is 2.30. The lowest BCUT2D eigenvalue weighted by atomic mass is 10.1. The van der Waals surface area contributed by atoms with Crippen LogP contribution in [-0.2, 0) is 6.42 Å². The van der Waals surface area contributed by atoms with Gasteiger partial charge in [0.05, 0.1) is 6.10 Å². The van der Waals surface area contributed by atoms with Crippen LogP contribution in [0.15, 0.2) is 24.3 Å². The Kier molecular flexibility index (Phi) is 3.91. The fraction of sp³-hybridized carbons (Fsp3) is 0.538. The maximum Gasteiger partial charge on any atom is 0.126 e. The minimum Gasteiger partial charge on any atom is -0.393 e. The summed E-state index contributed by atoms with van der Waals surface area (Å²) in [5.74, 6) is -0.112. The summed E-state index contributed by atoms with van der Waals surface area (Å²) in [5.41, 5.74) is 0.786. The largest absolute Gasteiger partial charge is 0.393 e. The Morgan fingerprint density at radius 1 is 1.25 bits per heavy atom. The number of piperidine rings is 1. The summed E-state index contributed by atoms with van der Waals surface area (Å²) in [5, 5.41) is 9.37. The number of nitrogens with zero attached hydrogens (tertiary/aromatic N) is 1. The van der Waals surface area contributed by atoms with E-state index < -0.39 is 0 Å². The highest BCUT2D eigenvalue weighted by Gasteiger charge is 2.16. The monoisotopic (exact) mass is 223 g/mol. The first-order valence-electron chi connectivity index (χ1n) is 5.89. The van der Waals surface area contributed by atoms with Crippen molar-refractivity contribution in [3.8, 4) is 0 Å². The van der Waals surface area contributed by atoms with Crippen molar-refractivity contribution in [2.24, 2.45) is 0 Å². The summed E-state index contributed by atoms with van der Waals surface area (Å²) in [6.45, 7) is 2.74. The Labute approximate surface area is 95.7 Å². The highest BCUT2D eigenvalue weighted by Crippen LogP contribution is 2.12. The van der Waals surface area contributed by atoms with Crippen LogP contribution in [0.4, 0.5) is 4.39 Å². The minimum atomic E-state index is -0.135. The van der Waals surface area contributed by atoms with Gasteiger partial charge in [0.1, 0.15) is 5.82 Å². The van der Waals surface area contributed by atoms with Crippen LogP contribution >= 0.6 is 0 Å². The van der Waals surface area contributed by atoms with Crippen molar-refractivity contribution in [1.29, 1.82) is 0 Å². The van der Waals surface area contributed by atoms with Crippen LogP contribution in [0.25, 0.3) is 0 Å². The summed E-state index contributed by atoms with van der Waals surface area (Å²) < 4.78 is 13.3. The lowest BCUT2D eigenvalue weighted by Gasteiger charge is -2.29. The van der Waals surface area contributed by atoms with Gasteiger partial charge >= 0.3 is 0 Å². The highest BCUT2D eigenvalue weighted by molar-refractivity contribution is 5.17. The van der Waals surface area contributed by atoms with E-state index >= 15 is 0 Å². The summed E-state index contributed by atoms with van der Waals surface area (Å²) in [7, 11) is 0. The molecule has 0 spiro atoms. The van der Waals surface area contributed by atoms with E-state index in [1.807, 2.05) is 12.1 Å². The van der Waals surface area contributed by atoms with Crippen LogP contribution in [0.2, 0.25) is 0 Å². The Morgan fingerprint density at radius 3 is 2.62 bits per heavy atom. The average molecular weight is 223 g/mol. The molecule has 1 N–H and O–H groups in total. The number of hydrogen-bond donors (Lipinski definition) is 1. The van der Waals surface area contributed by atoms with Crippen molar-refractivity contribution in [2.45, 2.75) is 25.4 Å². The van der Waals surface area contributed by atoms with Gasteiger partial charge in [0.15, 0.2) is 0 Å². The van der Waals surface area contributed by atoms with Crippen molar-refractivity contribution < 1.29 is 9.50 Å². The van der Waals surface area contributed by atoms with Crippen molar-refractivity contribution in [3.63, 3.8) is 0 Å². The van der Waals surface area contributed by atoms with Gasteiger partial charge in [0.25, 0.3) is 0 Å². The standard InChI is InChI=1S/C13H18FNO/c14-13-4-2-1-3-11(13)5-8-15-9-6-12(16)7-10-15/h1-4,12,16H,5-10H2. The zero-order chi connectivity index (χ0) is 11.4. The fourth-order valence-electron chi connectivity index (χ4n) is 2.12. The first-order chi connectivity index (χ1) is 7.75. The number of benzene rings is 1. The summed E-state index contributed by atoms with van der Waals surface area (Å²) in [4.78, 5) is 2.29. The molecule has 16 heavy (non-hydrogen) atoms. The lowest BCUT2D eigenvalue weighted by Crippen LogP contribution is -2.37. The smallest absolute Gasteiger partial charge is 0.126 e. The number of rotatable bonds is 3. The van der Waals surface area contributed by atoms with Gasteiger partial charge in [-0.15, -0.1) is 0 Å². The first-order valence-corrected chi connectivity index (χ1v) is 5.89. The van der Waals surface area contributed by atoms with E-state index in [0.717, 1.165) is 44.5 Å². The zero-order valence-electron chi connectivity index (χ0n) is 9.40. The molecule has 0 aliphatic carbocycles. The summed E-state index contributed by atoms with van der Waals surface area (Å²) >= 11 is 0. The van der Waals surface area contributed by atoms with Gasteiger partial charge in [-0.1, -0.05) is 18.2 Å². The molecule has 1 aromatic carbocycles. The van der Waals surface area contributed by atoms with Crippen molar-refractivity contribution in [1.82, 2.24) is 4.90 Å². The van der Waals surface area contributed by atoms with E-state index in [-0.39, 0.29) is 11.9 Å². The Balaban J connectivity index is 1.81. The molecule has 0 bridgehead atoms. The van der Waals surface area contributed by atoms with Gasteiger partial charge in [0.2, 0.25) is 0 Å². The van der Waals surface area contributed by atoms with E-state index in [4.69, 9.17) is 0 Å². The molecule has 0 unspecified atom stereocenters. The van der Waals surface area contributed by atoms with E-state index in [9.17, 15) is 9.50 Å². The van der Waals surface area contributed by atoms with Crippen molar-refractivity contribution in [3.05, 3.63) is 35.6 Å². The predicted molar refractivity (Wildman–Crippen MR) is 61.8 cm³/mol. The van der Waals surface area contributed by atoms with Crippen LogP contribution < -0.4 is 0 Å². The van der Waals surface area contributed by atoms with Crippen LogP contribution in [0.3, 0.4) is 0 Å². The van der Waals surface area contributed by atoms with Crippen LogP contribution in [0.5, 0.6) is 0 Å². The first kappa shape index (κ1) is 11.6. The Morgan fingerprint density at radius 2 is 1.94 bits per heavy atom. The molecule has 1 fully saturated rings. The maximum absolute atomic E-state index is 13.3. The normalized spacial score (nSPS) is 18.9. The molecule has 3 heteroatoms. The van der Waals surface area contributed by atoms with E-state index in [1.165, 1.54) is 6.07 Å². The second-order valence-electron chi connectivity index (χ2n) is 4.41. The van der Waals surface area contributed by atoms with Gasteiger partial charge in [-0.2, -0.15) is 0 Å². The molecule has 2 rings (SSSR count). The number of likely N-dealkylation sites (tertiary alicyclic amines) is 1. The molecule has 0 saturated carbocycles.